The van der Waals surface area contributed by atoms with E-state index in [1.165, 1.54) is 0 Å². The van der Waals surface area contributed by atoms with E-state index in [1.54, 1.807) is 0 Å². The molecule has 1 N–H and O–H groups in total. The normalized spacial score (nSPS) is 18.0. The molecule has 1 aliphatic rings. The average Bonchev–Trinajstić information content (AvgIpc) is 1.72. The van der Waals surface area contributed by atoms with Crippen LogP contribution in [0.4, 0.5) is 0 Å². The zero-order valence-electron chi connectivity index (χ0n) is 5.11. The van der Waals surface area contributed by atoms with E-state index in [0.717, 1.165) is 26.3 Å². The third-order valence-electron chi connectivity index (χ3n) is 0.846. The molecule has 0 spiro atoms. The van der Waals surface area contributed by atoms with Gasteiger partial charge in [-0.2, -0.15) is 0 Å². The molecule has 0 amide bonds. The Morgan fingerprint density at radius 2 is 1.62 bits per heavy atom. The molecule has 0 aromatic heterocycles. The predicted molar refractivity (Wildman–Crippen MR) is 23.7 cm³/mol. The van der Waals surface area contributed by atoms with Gasteiger partial charge in [-0.05, 0) is 0 Å². The maximum Gasteiger partial charge on any atom is 1.00 e. The van der Waals surface area contributed by atoms with E-state index in [4.69, 9.17) is 4.74 Å². The molecule has 0 radical (unpaired) electrons. The van der Waals surface area contributed by atoms with Crippen molar-refractivity contribution in [1.82, 2.24) is 5.32 Å². The van der Waals surface area contributed by atoms with Crippen LogP contribution in [0.1, 0.15) is 0 Å². The van der Waals surface area contributed by atoms with Crippen molar-refractivity contribution in [1.29, 1.82) is 0 Å². The molecule has 1 fully saturated rings. The number of halogens is 1. The predicted octanol–water partition coefficient (Wildman–Crippen LogP) is -6.39. The van der Waals surface area contributed by atoms with E-state index in [1.807, 2.05) is 0 Å². The summed E-state index contributed by atoms with van der Waals surface area (Å²) < 4.78 is 5.01. The molecule has 0 aliphatic carbocycles. The zero-order valence-corrected chi connectivity index (χ0v) is 7.87. The van der Waals surface area contributed by atoms with Gasteiger partial charge >= 0.3 is 29.6 Å². The van der Waals surface area contributed by atoms with Gasteiger partial charge in [-0.3, -0.25) is 0 Å². The Labute approximate surface area is 78.1 Å². The molecule has 2 nitrogen and oxygen atoms in total. The smallest absolute Gasteiger partial charge is 1.00 e. The number of hydrogen-bond donors (Lipinski definition) is 1. The molecule has 0 aromatic carbocycles. The van der Waals surface area contributed by atoms with Gasteiger partial charge in [0.15, 0.2) is 0 Å². The maximum atomic E-state index is 5.01. The molecule has 0 bridgehead atoms. The molecule has 8 heavy (non-hydrogen) atoms. The van der Waals surface area contributed by atoms with Crippen LogP contribution >= 0.6 is 0 Å². The van der Waals surface area contributed by atoms with E-state index in [9.17, 15) is 0 Å². The molecular weight excluding hydrogens is 136 g/mol. The summed E-state index contributed by atoms with van der Waals surface area (Å²) in [5, 5.41) is 3.16. The minimum absolute atomic E-state index is 0. The topological polar surface area (TPSA) is 21.3 Å². The van der Waals surface area contributed by atoms with Crippen LogP contribution in [0.3, 0.4) is 0 Å². The first-order valence-corrected chi connectivity index (χ1v) is 2.28. The molecular formula is C4H9ClNNaO. The number of rotatable bonds is 0. The Hall–Kier alpha value is 1.21. The van der Waals surface area contributed by atoms with Gasteiger partial charge in [0.25, 0.3) is 0 Å². The molecule has 4 heteroatoms. The van der Waals surface area contributed by atoms with Gasteiger partial charge < -0.3 is 22.5 Å². The first kappa shape index (κ1) is 11.9. The van der Waals surface area contributed by atoms with Gasteiger partial charge in [-0.1, -0.05) is 0 Å². The van der Waals surface area contributed by atoms with Crippen LogP contribution in [0.5, 0.6) is 0 Å². The summed E-state index contributed by atoms with van der Waals surface area (Å²) >= 11 is 0. The summed E-state index contributed by atoms with van der Waals surface area (Å²) in [4.78, 5) is 0. The first-order chi connectivity index (χ1) is 3.00. The van der Waals surface area contributed by atoms with Crippen LogP contribution < -0.4 is 47.3 Å². The van der Waals surface area contributed by atoms with Crippen molar-refractivity contribution in [3.63, 3.8) is 0 Å². The third kappa shape index (κ3) is 5.35. The molecule has 1 rings (SSSR count). The van der Waals surface area contributed by atoms with Crippen molar-refractivity contribution < 1.29 is 46.7 Å². The van der Waals surface area contributed by atoms with Gasteiger partial charge in [0, 0.05) is 13.1 Å². The van der Waals surface area contributed by atoms with E-state index < -0.39 is 0 Å². The van der Waals surface area contributed by atoms with Crippen molar-refractivity contribution in [2.75, 3.05) is 26.3 Å². The molecule has 1 saturated heterocycles. The third-order valence-corrected chi connectivity index (χ3v) is 0.846. The fourth-order valence-electron chi connectivity index (χ4n) is 0.516. The fourth-order valence-corrected chi connectivity index (χ4v) is 0.516. The standard InChI is InChI=1S/C4H9NO.ClH.Na/c1-3-6-4-2-5-1;;/h5H,1-4H2;1H;/q;;+1/p-1. The molecule has 0 saturated carbocycles. The summed E-state index contributed by atoms with van der Waals surface area (Å²) in [5.74, 6) is 0. The van der Waals surface area contributed by atoms with Crippen molar-refractivity contribution in [2.24, 2.45) is 0 Å². The van der Waals surface area contributed by atoms with E-state index in [-0.39, 0.29) is 42.0 Å². The molecule has 1 heterocycles. The number of ether oxygens (including phenoxy) is 1. The van der Waals surface area contributed by atoms with Gasteiger partial charge in [0.2, 0.25) is 0 Å². The Morgan fingerprint density at radius 3 is 1.75 bits per heavy atom. The maximum absolute atomic E-state index is 5.01. The van der Waals surface area contributed by atoms with Crippen molar-refractivity contribution >= 4 is 0 Å². The van der Waals surface area contributed by atoms with Crippen LogP contribution in [0.15, 0.2) is 0 Å². The monoisotopic (exact) mass is 145 g/mol. The quantitative estimate of drug-likeness (QED) is 0.343. The van der Waals surface area contributed by atoms with Crippen LogP contribution in [0.2, 0.25) is 0 Å². The van der Waals surface area contributed by atoms with Gasteiger partial charge in [0.05, 0.1) is 13.2 Å². The van der Waals surface area contributed by atoms with Crippen LogP contribution in [0.25, 0.3) is 0 Å². The van der Waals surface area contributed by atoms with E-state index >= 15 is 0 Å². The molecule has 0 atom stereocenters. The zero-order chi connectivity index (χ0) is 4.24. The average molecular weight is 146 g/mol. The number of nitrogens with one attached hydrogen (secondary N) is 1. The summed E-state index contributed by atoms with van der Waals surface area (Å²) in [5.41, 5.74) is 0. The van der Waals surface area contributed by atoms with Crippen molar-refractivity contribution in [3.05, 3.63) is 0 Å². The van der Waals surface area contributed by atoms with Crippen molar-refractivity contribution in [3.8, 4) is 0 Å². The minimum Gasteiger partial charge on any atom is -1.00 e. The Bertz CT molecular complexity index is 31.5. The van der Waals surface area contributed by atoms with E-state index in [0.29, 0.717) is 0 Å². The molecule has 1 aliphatic heterocycles. The van der Waals surface area contributed by atoms with Gasteiger partial charge in [0.1, 0.15) is 0 Å². The molecule has 44 valence electrons. The van der Waals surface area contributed by atoms with Crippen molar-refractivity contribution in [2.45, 2.75) is 0 Å². The van der Waals surface area contributed by atoms with Gasteiger partial charge in [-0.25, -0.2) is 0 Å². The number of hydrogen-bond acceptors (Lipinski definition) is 2. The second-order valence-corrected chi connectivity index (χ2v) is 1.36. The Morgan fingerprint density at radius 1 is 1.12 bits per heavy atom. The molecule has 0 aromatic rings. The van der Waals surface area contributed by atoms with Crippen LogP contribution in [0, 0.1) is 0 Å². The SMILES string of the molecule is C1COCCN1.[Cl-].[Na+]. The second kappa shape index (κ2) is 8.21. The van der Waals surface area contributed by atoms with Crippen LogP contribution in [-0.4, -0.2) is 26.3 Å². The summed E-state index contributed by atoms with van der Waals surface area (Å²) in [7, 11) is 0. The van der Waals surface area contributed by atoms with E-state index in [2.05, 4.69) is 5.32 Å². The summed E-state index contributed by atoms with van der Waals surface area (Å²) in [6.07, 6.45) is 0. The largest absolute Gasteiger partial charge is 1.00 e. The molecule has 0 unspecified atom stereocenters. The van der Waals surface area contributed by atoms with Crippen LogP contribution in [-0.2, 0) is 4.74 Å². The summed E-state index contributed by atoms with van der Waals surface area (Å²) in [6.45, 7) is 3.83. The Kier molecular flexibility index (Phi) is 12.3. The Balaban J connectivity index is 0. The van der Waals surface area contributed by atoms with Gasteiger partial charge in [-0.15, -0.1) is 0 Å². The fraction of sp³-hybridized carbons (Fsp3) is 1.00. The first-order valence-electron chi connectivity index (χ1n) is 2.28. The number of morpholine rings is 1. The summed E-state index contributed by atoms with van der Waals surface area (Å²) in [6, 6.07) is 0. The minimum atomic E-state index is 0. The second-order valence-electron chi connectivity index (χ2n) is 1.36.